The van der Waals surface area contributed by atoms with Gasteiger partial charge in [0.05, 0.1) is 7.11 Å². The van der Waals surface area contributed by atoms with Crippen molar-refractivity contribution in [3.8, 4) is 0 Å². The number of aliphatic hydroxyl groups is 2. The fourth-order valence-corrected chi connectivity index (χ4v) is 1.67. The van der Waals surface area contributed by atoms with Crippen molar-refractivity contribution in [2.75, 3.05) is 21.3 Å². The number of esters is 1. The van der Waals surface area contributed by atoms with Gasteiger partial charge in [0.15, 0.2) is 12.4 Å². The summed E-state index contributed by atoms with van der Waals surface area (Å²) < 4.78 is 19.3. The van der Waals surface area contributed by atoms with E-state index in [-0.39, 0.29) is 0 Å². The number of hydrogen-bond donors (Lipinski definition) is 2. The fraction of sp³-hybridized carbons (Fsp3) is 0.889. The Bertz CT molecular complexity index is 244. The molecule has 2 N–H and O–H groups in total. The van der Waals surface area contributed by atoms with Gasteiger partial charge < -0.3 is 29.2 Å². The van der Waals surface area contributed by atoms with Crippen molar-refractivity contribution < 1.29 is 34.0 Å². The summed E-state index contributed by atoms with van der Waals surface area (Å²) in [5.41, 5.74) is 0. The monoisotopic (exact) mass is 236 g/mol. The molecule has 16 heavy (non-hydrogen) atoms. The normalized spacial score (nSPS) is 39.4. The molecular weight excluding hydrogens is 220 g/mol. The van der Waals surface area contributed by atoms with Gasteiger partial charge in [0, 0.05) is 14.2 Å². The van der Waals surface area contributed by atoms with Crippen LogP contribution in [0.2, 0.25) is 0 Å². The smallest absolute Gasteiger partial charge is 0.337 e. The average Bonchev–Trinajstić information content (AvgIpc) is 2.29. The molecule has 0 spiro atoms. The van der Waals surface area contributed by atoms with E-state index in [0.29, 0.717) is 0 Å². The van der Waals surface area contributed by atoms with Gasteiger partial charge in [-0.1, -0.05) is 0 Å². The first-order valence-electron chi connectivity index (χ1n) is 4.71. The van der Waals surface area contributed by atoms with Gasteiger partial charge >= 0.3 is 5.97 Å². The number of carbonyl (C=O) groups excluding carboxylic acids is 1. The molecular formula is C9H16O7. The second-order valence-corrected chi connectivity index (χ2v) is 3.36. The van der Waals surface area contributed by atoms with Crippen LogP contribution in [0.5, 0.6) is 0 Å². The molecule has 1 rings (SSSR count). The van der Waals surface area contributed by atoms with E-state index in [9.17, 15) is 15.0 Å². The Hall–Kier alpha value is -0.730. The molecule has 5 atom stereocenters. The first-order valence-corrected chi connectivity index (χ1v) is 4.71. The Balaban J connectivity index is 2.84. The number of aliphatic hydroxyl groups excluding tert-OH is 2. The highest BCUT2D eigenvalue weighted by Crippen LogP contribution is 2.24. The minimum Gasteiger partial charge on any atom is -0.467 e. The molecule has 2 unspecified atom stereocenters. The third-order valence-corrected chi connectivity index (χ3v) is 2.52. The lowest BCUT2D eigenvalue weighted by Crippen LogP contribution is -2.61. The summed E-state index contributed by atoms with van der Waals surface area (Å²) in [4.78, 5) is 11.3. The van der Waals surface area contributed by atoms with Gasteiger partial charge in [-0.3, -0.25) is 0 Å². The molecule has 0 saturated carbocycles. The predicted molar refractivity (Wildman–Crippen MR) is 50.5 cm³/mol. The van der Waals surface area contributed by atoms with Crippen LogP contribution in [-0.2, 0) is 23.7 Å². The van der Waals surface area contributed by atoms with Gasteiger partial charge in [-0.05, 0) is 0 Å². The topological polar surface area (TPSA) is 94.5 Å². The summed E-state index contributed by atoms with van der Waals surface area (Å²) in [6, 6.07) is 0. The summed E-state index contributed by atoms with van der Waals surface area (Å²) in [6.45, 7) is 0. The number of rotatable bonds is 3. The van der Waals surface area contributed by atoms with E-state index >= 15 is 0 Å². The highest BCUT2D eigenvalue weighted by molar-refractivity contribution is 5.75. The Morgan fingerprint density at radius 1 is 1.12 bits per heavy atom. The quantitative estimate of drug-likeness (QED) is 0.562. The van der Waals surface area contributed by atoms with Crippen molar-refractivity contribution in [2.45, 2.75) is 30.7 Å². The van der Waals surface area contributed by atoms with Crippen LogP contribution >= 0.6 is 0 Å². The summed E-state index contributed by atoms with van der Waals surface area (Å²) in [6.07, 6.45) is -5.62. The predicted octanol–water partition coefficient (Wildman–Crippen LogP) is -1.73. The molecule has 7 heteroatoms. The molecule has 0 aliphatic carbocycles. The molecule has 0 radical (unpaired) electrons. The SMILES string of the molecule is COC(=O)C1O[C@@H](O)C(OC)[C@@H](OC)[C@@H]1O. The Morgan fingerprint density at radius 3 is 2.12 bits per heavy atom. The lowest BCUT2D eigenvalue weighted by atomic mass is 9.98. The largest absolute Gasteiger partial charge is 0.467 e. The van der Waals surface area contributed by atoms with Crippen LogP contribution in [0, 0.1) is 0 Å². The van der Waals surface area contributed by atoms with Gasteiger partial charge in [-0.2, -0.15) is 0 Å². The van der Waals surface area contributed by atoms with Crippen molar-refractivity contribution in [2.24, 2.45) is 0 Å². The number of hydrogen-bond acceptors (Lipinski definition) is 7. The van der Waals surface area contributed by atoms with E-state index in [1.807, 2.05) is 0 Å². The Morgan fingerprint density at radius 2 is 1.69 bits per heavy atom. The zero-order valence-corrected chi connectivity index (χ0v) is 9.32. The third kappa shape index (κ3) is 2.33. The average molecular weight is 236 g/mol. The van der Waals surface area contributed by atoms with E-state index in [0.717, 1.165) is 7.11 Å². The maximum absolute atomic E-state index is 11.3. The van der Waals surface area contributed by atoms with Crippen LogP contribution in [0.1, 0.15) is 0 Å². The van der Waals surface area contributed by atoms with Crippen LogP contribution in [-0.4, -0.2) is 68.2 Å². The molecule has 0 aromatic heterocycles. The Kier molecular flexibility index (Phi) is 4.63. The van der Waals surface area contributed by atoms with Gasteiger partial charge in [0.1, 0.15) is 18.3 Å². The van der Waals surface area contributed by atoms with Gasteiger partial charge in [0.25, 0.3) is 0 Å². The fourth-order valence-electron chi connectivity index (χ4n) is 1.67. The van der Waals surface area contributed by atoms with Crippen molar-refractivity contribution in [3.05, 3.63) is 0 Å². The summed E-state index contributed by atoms with van der Waals surface area (Å²) in [5.74, 6) is -0.775. The Labute approximate surface area is 92.9 Å². The minimum atomic E-state index is -1.36. The molecule has 1 saturated heterocycles. The molecule has 0 bridgehead atoms. The van der Waals surface area contributed by atoms with Crippen molar-refractivity contribution in [1.29, 1.82) is 0 Å². The zero-order chi connectivity index (χ0) is 12.3. The molecule has 1 aliphatic rings. The first-order chi connectivity index (χ1) is 7.56. The molecule has 0 aromatic carbocycles. The van der Waals surface area contributed by atoms with E-state index in [2.05, 4.69) is 4.74 Å². The van der Waals surface area contributed by atoms with Crippen LogP contribution in [0.15, 0.2) is 0 Å². The molecule has 7 nitrogen and oxygen atoms in total. The first kappa shape index (κ1) is 13.3. The van der Waals surface area contributed by atoms with Crippen molar-refractivity contribution >= 4 is 5.97 Å². The number of carbonyl (C=O) groups is 1. The van der Waals surface area contributed by atoms with Crippen LogP contribution < -0.4 is 0 Å². The minimum absolute atomic E-state index is 0.775. The standard InChI is InChI=1S/C9H16O7/c1-13-5-4(10)6(8(11)15-3)16-9(12)7(5)14-2/h4-7,9-10,12H,1-3H3/t4-,5-,6?,7?,9+/m0/s1. The maximum Gasteiger partial charge on any atom is 0.337 e. The molecule has 0 aromatic rings. The van der Waals surface area contributed by atoms with Crippen LogP contribution in [0.4, 0.5) is 0 Å². The lowest BCUT2D eigenvalue weighted by Gasteiger charge is -2.40. The molecule has 1 heterocycles. The lowest BCUT2D eigenvalue weighted by molar-refractivity contribution is -0.289. The number of methoxy groups -OCH3 is 3. The van der Waals surface area contributed by atoms with Crippen molar-refractivity contribution in [1.82, 2.24) is 0 Å². The zero-order valence-electron chi connectivity index (χ0n) is 9.32. The van der Waals surface area contributed by atoms with E-state index in [1.165, 1.54) is 14.2 Å². The molecule has 1 fully saturated rings. The van der Waals surface area contributed by atoms with Gasteiger partial charge in [-0.15, -0.1) is 0 Å². The molecule has 1 aliphatic heterocycles. The summed E-state index contributed by atoms with van der Waals surface area (Å²) in [5, 5.41) is 19.4. The van der Waals surface area contributed by atoms with E-state index in [1.54, 1.807) is 0 Å². The van der Waals surface area contributed by atoms with Crippen LogP contribution in [0.3, 0.4) is 0 Å². The van der Waals surface area contributed by atoms with E-state index < -0.39 is 36.7 Å². The second-order valence-electron chi connectivity index (χ2n) is 3.36. The maximum atomic E-state index is 11.3. The van der Waals surface area contributed by atoms with Crippen molar-refractivity contribution in [3.63, 3.8) is 0 Å². The summed E-state index contributed by atoms with van der Waals surface area (Å²) >= 11 is 0. The third-order valence-electron chi connectivity index (χ3n) is 2.52. The second kappa shape index (κ2) is 5.55. The van der Waals surface area contributed by atoms with Gasteiger partial charge in [0.2, 0.25) is 0 Å². The molecule has 0 amide bonds. The van der Waals surface area contributed by atoms with E-state index in [4.69, 9.17) is 14.2 Å². The number of ether oxygens (including phenoxy) is 4. The van der Waals surface area contributed by atoms with Gasteiger partial charge in [-0.25, -0.2) is 4.79 Å². The summed E-state index contributed by atoms with van der Waals surface area (Å²) in [7, 11) is 3.84. The molecule has 94 valence electrons. The van der Waals surface area contributed by atoms with Crippen LogP contribution in [0.25, 0.3) is 0 Å². The highest BCUT2D eigenvalue weighted by Gasteiger charge is 2.48. The highest BCUT2D eigenvalue weighted by atomic mass is 16.7.